The van der Waals surface area contributed by atoms with E-state index in [1.807, 2.05) is 6.07 Å². The van der Waals surface area contributed by atoms with E-state index in [-0.39, 0.29) is 0 Å². The van der Waals surface area contributed by atoms with Crippen LogP contribution in [0.2, 0.25) is 0 Å². The Bertz CT molecular complexity index is 579. The summed E-state index contributed by atoms with van der Waals surface area (Å²) in [5.41, 5.74) is 4.86. The quantitative estimate of drug-likeness (QED) is 0.760. The predicted molar refractivity (Wildman–Crippen MR) is 94.4 cm³/mol. The first-order chi connectivity index (χ1) is 11.2. The highest BCUT2D eigenvalue weighted by Gasteiger charge is 2.28. The van der Waals surface area contributed by atoms with Gasteiger partial charge in [-0.15, -0.1) is 0 Å². The fourth-order valence-electron chi connectivity index (χ4n) is 4.15. The molecule has 126 valence electrons. The van der Waals surface area contributed by atoms with Crippen molar-refractivity contribution in [1.82, 2.24) is 4.90 Å². The zero-order chi connectivity index (χ0) is 16.2. The van der Waals surface area contributed by atoms with Crippen molar-refractivity contribution in [1.29, 1.82) is 0 Å². The van der Waals surface area contributed by atoms with Crippen molar-refractivity contribution in [3.05, 3.63) is 34.9 Å². The molecule has 1 aromatic carbocycles. The van der Waals surface area contributed by atoms with Crippen LogP contribution in [-0.2, 0) is 6.42 Å². The third kappa shape index (κ3) is 3.55. The van der Waals surface area contributed by atoms with E-state index >= 15 is 0 Å². The molecule has 0 aromatic heterocycles. The average Bonchev–Trinajstić information content (AvgIpc) is 2.60. The van der Waals surface area contributed by atoms with Gasteiger partial charge in [-0.3, -0.25) is 4.90 Å². The summed E-state index contributed by atoms with van der Waals surface area (Å²) in [6.07, 6.45) is 9.01. The van der Waals surface area contributed by atoms with E-state index in [0.29, 0.717) is 6.04 Å². The molecule has 2 aliphatic rings. The molecule has 1 unspecified atom stereocenters. The molecule has 0 N–H and O–H groups in total. The smallest absolute Gasteiger partial charge is 0.160 e. The Morgan fingerprint density at radius 3 is 2.61 bits per heavy atom. The van der Waals surface area contributed by atoms with Crippen molar-refractivity contribution in [2.24, 2.45) is 0 Å². The van der Waals surface area contributed by atoms with Crippen molar-refractivity contribution in [3.63, 3.8) is 0 Å². The van der Waals surface area contributed by atoms with Crippen molar-refractivity contribution in [2.45, 2.75) is 51.0 Å². The molecule has 23 heavy (non-hydrogen) atoms. The Morgan fingerprint density at radius 2 is 1.83 bits per heavy atom. The molecule has 1 aliphatic carbocycles. The first-order valence-corrected chi connectivity index (χ1v) is 8.85. The normalized spacial score (nSPS) is 22.0. The molecule has 0 fully saturated rings. The lowest BCUT2D eigenvalue weighted by Crippen LogP contribution is -2.39. The van der Waals surface area contributed by atoms with E-state index in [2.05, 4.69) is 24.1 Å². The number of hydrogen-bond acceptors (Lipinski definition) is 3. The van der Waals surface area contributed by atoms with Gasteiger partial charge in [-0.1, -0.05) is 17.2 Å². The van der Waals surface area contributed by atoms with Crippen molar-refractivity contribution in [2.75, 3.05) is 27.8 Å². The monoisotopic (exact) mass is 315 g/mol. The molecule has 3 nitrogen and oxygen atoms in total. The third-order valence-corrected chi connectivity index (χ3v) is 5.48. The Labute approximate surface area is 140 Å². The average molecular weight is 315 g/mol. The molecular formula is C20H29NO2. The van der Waals surface area contributed by atoms with E-state index in [1.165, 1.54) is 50.6 Å². The highest BCUT2D eigenvalue weighted by atomic mass is 16.5. The molecule has 1 aliphatic heterocycles. The third-order valence-electron chi connectivity index (χ3n) is 5.48. The van der Waals surface area contributed by atoms with Crippen LogP contribution in [0.15, 0.2) is 29.3 Å². The van der Waals surface area contributed by atoms with Gasteiger partial charge in [0.15, 0.2) is 11.5 Å². The van der Waals surface area contributed by atoms with Crippen molar-refractivity contribution in [3.8, 4) is 11.5 Å². The van der Waals surface area contributed by atoms with Gasteiger partial charge in [-0.25, -0.2) is 0 Å². The van der Waals surface area contributed by atoms with Gasteiger partial charge in [-0.2, -0.15) is 0 Å². The zero-order valence-electron chi connectivity index (χ0n) is 14.7. The largest absolute Gasteiger partial charge is 0.493 e. The lowest BCUT2D eigenvalue weighted by molar-refractivity contribution is 0.233. The summed E-state index contributed by atoms with van der Waals surface area (Å²) in [6.45, 7) is 1.22. The summed E-state index contributed by atoms with van der Waals surface area (Å²) >= 11 is 0. The highest BCUT2D eigenvalue weighted by Crippen LogP contribution is 2.36. The summed E-state index contributed by atoms with van der Waals surface area (Å²) in [4.78, 5) is 2.56. The first-order valence-electron chi connectivity index (χ1n) is 8.85. The molecule has 0 spiro atoms. The molecule has 0 saturated carbocycles. The first kappa shape index (κ1) is 16.4. The zero-order valence-corrected chi connectivity index (χ0v) is 14.7. The van der Waals surface area contributed by atoms with E-state index in [4.69, 9.17) is 9.47 Å². The molecule has 1 atom stereocenters. The molecule has 3 rings (SSSR count). The summed E-state index contributed by atoms with van der Waals surface area (Å²) in [5.74, 6) is 1.64. The van der Waals surface area contributed by atoms with Gasteiger partial charge in [-0.05, 0) is 69.7 Å². The molecule has 0 amide bonds. The van der Waals surface area contributed by atoms with Crippen LogP contribution in [0.25, 0.3) is 0 Å². The SMILES string of the molecule is COc1ccc(CCC2C3=C(CCCC3)CCN2C)cc1OC. The van der Waals surface area contributed by atoms with E-state index in [1.54, 1.807) is 25.4 Å². The number of nitrogens with zero attached hydrogens (tertiary/aromatic N) is 1. The molecule has 0 radical (unpaired) electrons. The number of aryl methyl sites for hydroxylation is 1. The molecule has 0 bridgehead atoms. The minimum atomic E-state index is 0.632. The van der Waals surface area contributed by atoms with Crippen LogP contribution in [0.5, 0.6) is 11.5 Å². The fourth-order valence-corrected chi connectivity index (χ4v) is 4.15. The van der Waals surface area contributed by atoms with Gasteiger partial charge in [0.1, 0.15) is 0 Å². The maximum Gasteiger partial charge on any atom is 0.160 e. The number of rotatable bonds is 5. The maximum atomic E-state index is 5.43. The van der Waals surface area contributed by atoms with Gasteiger partial charge in [0.05, 0.1) is 14.2 Å². The topological polar surface area (TPSA) is 21.7 Å². The van der Waals surface area contributed by atoms with Crippen LogP contribution in [0.3, 0.4) is 0 Å². The van der Waals surface area contributed by atoms with Crippen LogP contribution >= 0.6 is 0 Å². The number of methoxy groups -OCH3 is 2. The van der Waals surface area contributed by atoms with Crippen molar-refractivity contribution < 1.29 is 9.47 Å². The summed E-state index contributed by atoms with van der Waals surface area (Å²) < 4.78 is 10.8. The molecule has 3 heteroatoms. The van der Waals surface area contributed by atoms with E-state index in [0.717, 1.165) is 17.9 Å². The standard InChI is InChI=1S/C20H29NO2/c1-21-13-12-16-6-4-5-7-17(16)18(21)10-8-15-9-11-19(22-2)20(14-15)23-3/h9,11,14,18H,4-8,10,12-13H2,1-3H3. The van der Waals surface area contributed by atoms with Crippen LogP contribution in [0.4, 0.5) is 0 Å². The molecule has 0 saturated heterocycles. The van der Waals surface area contributed by atoms with E-state index in [9.17, 15) is 0 Å². The molecule has 1 heterocycles. The second-order valence-corrected chi connectivity index (χ2v) is 6.81. The molecular weight excluding hydrogens is 286 g/mol. The minimum absolute atomic E-state index is 0.632. The Balaban J connectivity index is 1.71. The van der Waals surface area contributed by atoms with Gasteiger partial charge in [0.2, 0.25) is 0 Å². The molecule has 1 aromatic rings. The highest BCUT2D eigenvalue weighted by molar-refractivity contribution is 5.43. The summed E-state index contributed by atoms with van der Waals surface area (Å²) in [6, 6.07) is 6.94. The van der Waals surface area contributed by atoms with Crippen LogP contribution < -0.4 is 9.47 Å². The number of likely N-dealkylation sites (N-methyl/N-ethyl adjacent to an activating group) is 1. The number of benzene rings is 1. The second kappa shape index (κ2) is 7.39. The summed E-state index contributed by atoms with van der Waals surface area (Å²) in [7, 11) is 5.68. The predicted octanol–water partition coefficient (Wildman–Crippen LogP) is 4.21. The Kier molecular flexibility index (Phi) is 5.27. The van der Waals surface area contributed by atoms with Gasteiger partial charge < -0.3 is 9.47 Å². The maximum absolute atomic E-state index is 5.43. The van der Waals surface area contributed by atoms with Crippen LogP contribution in [0.1, 0.15) is 44.1 Å². The Hall–Kier alpha value is -1.48. The Morgan fingerprint density at radius 1 is 1.04 bits per heavy atom. The van der Waals surface area contributed by atoms with Gasteiger partial charge >= 0.3 is 0 Å². The summed E-state index contributed by atoms with van der Waals surface area (Å²) in [5, 5.41) is 0. The number of hydrogen-bond donors (Lipinski definition) is 0. The number of ether oxygens (including phenoxy) is 2. The van der Waals surface area contributed by atoms with E-state index < -0.39 is 0 Å². The lowest BCUT2D eigenvalue weighted by atomic mass is 9.81. The van der Waals surface area contributed by atoms with Gasteiger partial charge in [0, 0.05) is 12.6 Å². The van der Waals surface area contributed by atoms with Crippen LogP contribution in [0, 0.1) is 0 Å². The fraction of sp³-hybridized carbons (Fsp3) is 0.600. The van der Waals surface area contributed by atoms with Crippen LogP contribution in [-0.4, -0.2) is 38.8 Å². The minimum Gasteiger partial charge on any atom is -0.493 e. The second-order valence-electron chi connectivity index (χ2n) is 6.81. The van der Waals surface area contributed by atoms with Crippen molar-refractivity contribution >= 4 is 0 Å². The lowest BCUT2D eigenvalue weighted by Gasteiger charge is -2.39. The van der Waals surface area contributed by atoms with Gasteiger partial charge in [0.25, 0.3) is 0 Å².